The molecular formula is C14H14BrN3O2S. The molecule has 0 spiro atoms. The van der Waals surface area contributed by atoms with Gasteiger partial charge in [0.15, 0.2) is 0 Å². The van der Waals surface area contributed by atoms with Gasteiger partial charge in [-0.2, -0.15) is 0 Å². The lowest BCUT2D eigenvalue weighted by atomic mass is 10.1. The van der Waals surface area contributed by atoms with Crippen molar-refractivity contribution in [1.29, 1.82) is 0 Å². The summed E-state index contributed by atoms with van der Waals surface area (Å²) in [6.45, 7) is 0. The average molecular weight is 368 g/mol. The van der Waals surface area contributed by atoms with Crippen molar-refractivity contribution in [2.24, 2.45) is 0 Å². The highest BCUT2D eigenvalue weighted by Gasteiger charge is 2.27. The zero-order valence-corrected chi connectivity index (χ0v) is 13.5. The monoisotopic (exact) mass is 367 g/mol. The van der Waals surface area contributed by atoms with Gasteiger partial charge < -0.3 is 5.73 Å². The van der Waals surface area contributed by atoms with Crippen LogP contribution in [0.4, 0.5) is 5.82 Å². The summed E-state index contributed by atoms with van der Waals surface area (Å²) in [6.07, 6.45) is 2.85. The van der Waals surface area contributed by atoms with Crippen molar-refractivity contribution in [3.05, 3.63) is 52.1 Å². The first-order valence-corrected chi connectivity index (χ1v) is 8.73. The summed E-state index contributed by atoms with van der Waals surface area (Å²) < 4.78 is 28.2. The number of halogens is 1. The predicted molar refractivity (Wildman–Crippen MR) is 84.3 cm³/mol. The van der Waals surface area contributed by atoms with E-state index in [4.69, 9.17) is 5.73 Å². The van der Waals surface area contributed by atoms with Crippen molar-refractivity contribution in [2.45, 2.75) is 23.8 Å². The van der Waals surface area contributed by atoms with E-state index in [0.29, 0.717) is 17.3 Å². The Hall–Kier alpha value is -1.44. The van der Waals surface area contributed by atoms with Crippen LogP contribution in [-0.2, 0) is 22.9 Å². The minimum atomic E-state index is -3.68. The van der Waals surface area contributed by atoms with Crippen LogP contribution in [0.15, 0.2) is 45.9 Å². The maximum atomic E-state index is 12.5. The molecule has 0 saturated heterocycles. The number of pyridine rings is 1. The molecule has 1 aromatic carbocycles. The number of fused-ring (bicyclic) bond motifs is 1. The van der Waals surface area contributed by atoms with Gasteiger partial charge in [-0.1, -0.05) is 24.3 Å². The van der Waals surface area contributed by atoms with E-state index in [1.807, 2.05) is 24.3 Å². The third-order valence-electron chi connectivity index (χ3n) is 3.51. The molecule has 3 rings (SSSR count). The number of benzene rings is 1. The highest BCUT2D eigenvalue weighted by Crippen LogP contribution is 2.25. The molecule has 1 aliphatic carbocycles. The first-order chi connectivity index (χ1) is 9.95. The van der Waals surface area contributed by atoms with Gasteiger partial charge >= 0.3 is 0 Å². The second-order valence-electron chi connectivity index (χ2n) is 5.03. The first kappa shape index (κ1) is 14.5. The summed E-state index contributed by atoms with van der Waals surface area (Å²) in [7, 11) is -3.68. The van der Waals surface area contributed by atoms with Gasteiger partial charge in [0.1, 0.15) is 10.7 Å². The minimum Gasteiger partial charge on any atom is -0.383 e. The van der Waals surface area contributed by atoms with Crippen LogP contribution >= 0.6 is 15.9 Å². The molecule has 21 heavy (non-hydrogen) atoms. The fourth-order valence-electron chi connectivity index (χ4n) is 2.57. The quantitative estimate of drug-likeness (QED) is 0.866. The fraction of sp³-hybridized carbons (Fsp3) is 0.214. The maximum absolute atomic E-state index is 12.5. The SMILES string of the molecule is Nc1ncc(Br)cc1S(=O)(=O)NC1Cc2ccccc2C1. The van der Waals surface area contributed by atoms with E-state index in [9.17, 15) is 8.42 Å². The van der Waals surface area contributed by atoms with Crippen molar-refractivity contribution in [3.63, 3.8) is 0 Å². The van der Waals surface area contributed by atoms with Crippen molar-refractivity contribution in [3.8, 4) is 0 Å². The summed E-state index contributed by atoms with van der Waals surface area (Å²) in [5.74, 6) is 0.00112. The second-order valence-corrected chi connectivity index (χ2v) is 7.63. The van der Waals surface area contributed by atoms with Crippen molar-refractivity contribution in [1.82, 2.24) is 9.71 Å². The minimum absolute atomic E-state index is 0.00112. The Bertz CT molecular complexity index is 768. The summed E-state index contributed by atoms with van der Waals surface area (Å²) in [4.78, 5) is 3.88. The van der Waals surface area contributed by atoms with Crippen LogP contribution in [0.3, 0.4) is 0 Å². The molecule has 2 aromatic rings. The van der Waals surface area contributed by atoms with E-state index in [1.54, 1.807) is 0 Å². The van der Waals surface area contributed by atoms with E-state index in [2.05, 4.69) is 25.6 Å². The van der Waals surface area contributed by atoms with Crippen LogP contribution < -0.4 is 10.5 Å². The molecule has 3 N–H and O–H groups in total. The normalized spacial score (nSPS) is 15.1. The predicted octanol–water partition coefficient (Wildman–Crippen LogP) is 1.87. The van der Waals surface area contributed by atoms with Crippen molar-refractivity contribution in [2.75, 3.05) is 5.73 Å². The molecule has 7 heteroatoms. The Labute approximate surface area is 131 Å². The average Bonchev–Trinajstić information content (AvgIpc) is 2.82. The summed E-state index contributed by atoms with van der Waals surface area (Å²) in [5, 5.41) is 0. The molecular weight excluding hydrogens is 354 g/mol. The molecule has 0 unspecified atom stereocenters. The number of nitrogen functional groups attached to an aromatic ring is 1. The highest BCUT2D eigenvalue weighted by atomic mass is 79.9. The molecule has 0 aliphatic heterocycles. The van der Waals surface area contributed by atoms with Crippen LogP contribution in [0.5, 0.6) is 0 Å². The molecule has 0 fully saturated rings. The largest absolute Gasteiger partial charge is 0.383 e. The zero-order chi connectivity index (χ0) is 15.0. The Morgan fingerprint density at radius 3 is 2.48 bits per heavy atom. The number of hydrogen-bond donors (Lipinski definition) is 2. The van der Waals surface area contributed by atoms with Gasteiger partial charge in [-0.05, 0) is 46.0 Å². The third kappa shape index (κ3) is 2.95. The molecule has 1 aliphatic rings. The number of sulfonamides is 1. The fourth-order valence-corrected chi connectivity index (χ4v) is 4.40. The van der Waals surface area contributed by atoms with Gasteiger partial charge in [0, 0.05) is 16.7 Å². The molecule has 5 nitrogen and oxygen atoms in total. The number of anilines is 1. The Morgan fingerprint density at radius 2 is 1.86 bits per heavy atom. The van der Waals surface area contributed by atoms with Crippen LogP contribution in [0.1, 0.15) is 11.1 Å². The summed E-state index contributed by atoms with van der Waals surface area (Å²) in [6, 6.07) is 9.30. The molecule has 0 amide bonds. The summed E-state index contributed by atoms with van der Waals surface area (Å²) >= 11 is 3.21. The molecule has 0 atom stereocenters. The molecule has 0 saturated carbocycles. The second kappa shape index (κ2) is 5.40. The summed E-state index contributed by atoms with van der Waals surface area (Å²) in [5.41, 5.74) is 8.05. The zero-order valence-electron chi connectivity index (χ0n) is 11.1. The van der Waals surface area contributed by atoms with Gasteiger partial charge in [0.25, 0.3) is 0 Å². The molecule has 110 valence electrons. The lowest BCUT2D eigenvalue weighted by Crippen LogP contribution is -2.35. The van der Waals surface area contributed by atoms with Crippen LogP contribution in [0.25, 0.3) is 0 Å². The number of nitrogens with two attached hydrogens (primary N) is 1. The molecule has 0 bridgehead atoms. The standard InChI is InChI=1S/C14H14BrN3O2S/c15-11-7-13(14(16)17-8-11)21(19,20)18-12-5-9-3-1-2-4-10(9)6-12/h1-4,7-8,12,18H,5-6H2,(H2,16,17). The topological polar surface area (TPSA) is 85.1 Å². The number of rotatable bonds is 3. The van der Waals surface area contributed by atoms with E-state index in [0.717, 1.165) is 0 Å². The van der Waals surface area contributed by atoms with Gasteiger partial charge in [-0.15, -0.1) is 0 Å². The number of hydrogen-bond acceptors (Lipinski definition) is 4. The molecule has 1 heterocycles. The smallest absolute Gasteiger partial charge is 0.244 e. The van der Waals surface area contributed by atoms with Crippen molar-refractivity contribution >= 4 is 31.8 Å². The van der Waals surface area contributed by atoms with E-state index < -0.39 is 10.0 Å². The van der Waals surface area contributed by atoms with Crippen LogP contribution in [-0.4, -0.2) is 19.4 Å². The van der Waals surface area contributed by atoms with Crippen LogP contribution in [0.2, 0.25) is 0 Å². The third-order valence-corrected chi connectivity index (χ3v) is 5.49. The first-order valence-electron chi connectivity index (χ1n) is 6.46. The number of nitrogens with one attached hydrogen (secondary N) is 1. The Kier molecular flexibility index (Phi) is 3.73. The van der Waals surface area contributed by atoms with E-state index >= 15 is 0 Å². The molecule has 1 aromatic heterocycles. The highest BCUT2D eigenvalue weighted by molar-refractivity contribution is 9.10. The maximum Gasteiger partial charge on any atom is 0.244 e. The van der Waals surface area contributed by atoms with Gasteiger partial charge in [-0.25, -0.2) is 18.1 Å². The van der Waals surface area contributed by atoms with E-state index in [-0.39, 0.29) is 16.8 Å². The number of aromatic nitrogens is 1. The number of nitrogens with zero attached hydrogens (tertiary/aromatic N) is 1. The van der Waals surface area contributed by atoms with Gasteiger partial charge in [-0.3, -0.25) is 0 Å². The van der Waals surface area contributed by atoms with E-state index in [1.165, 1.54) is 23.4 Å². The van der Waals surface area contributed by atoms with Gasteiger partial charge in [0.05, 0.1) is 0 Å². The van der Waals surface area contributed by atoms with Gasteiger partial charge in [0.2, 0.25) is 10.0 Å². The van der Waals surface area contributed by atoms with Crippen molar-refractivity contribution < 1.29 is 8.42 Å². The Morgan fingerprint density at radius 1 is 1.24 bits per heavy atom. The lowest BCUT2D eigenvalue weighted by molar-refractivity contribution is 0.555. The lowest BCUT2D eigenvalue weighted by Gasteiger charge is -2.13. The van der Waals surface area contributed by atoms with Crippen LogP contribution in [0, 0.1) is 0 Å². The Balaban J connectivity index is 1.84. The molecule has 0 radical (unpaired) electrons.